The Morgan fingerprint density at radius 1 is 1.37 bits per heavy atom. The van der Waals surface area contributed by atoms with Crippen LogP contribution in [0.15, 0.2) is 30.3 Å². The lowest BCUT2D eigenvalue weighted by Crippen LogP contribution is -2.45. The molecule has 2 rings (SSSR count). The molecule has 1 aliphatic heterocycles. The van der Waals surface area contributed by atoms with Crippen LogP contribution in [0.3, 0.4) is 0 Å². The minimum absolute atomic E-state index is 0.492. The molecule has 1 saturated heterocycles. The van der Waals surface area contributed by atoms with Crippen molar-refractivity contribution >= 4 is 11.8 Å². The van der Waals surface area contributed by atoms with Gasteiger partial charge < -0.3 is 9.64 Å². The van der Waals surface area contributed by atoms with Crippen LogP contribution < -0.4 is 5.32 Å². The first-order valence-corrected chi connectivity index (χ1v) is 6.35. The van der Waals surface area contributed by atoms with Crippen molar-refractivity contribution in [3.8, 4) is 12.3 Å². The van der Waals surface area contributed by atoms with Crippen molar-refractivity contribution in [2.75, 3.05) is 25.5 Å². The highest BCUT2D eigenvalue weighted by Gasteiger charge is 2.35. The molecule has 0 aliphatic carbocycles. The molecule has 4 heteroatoms. The lowest BCUT2D eigenvalue weighted by Gasteiger charge is -2.36. The highest BCUT2D eigenvalue weighted by atomic mass is 16.6. The molecule has 0 spiro atoms. The molecule has 1 aromatic rings. The predicted octanol–water partition coefficient (Wildman–Crippen LogP) is 2.33. The van der Waals surface area contributed by atoms with Crippen LogP contribution >= 0.6 is 0 Å². The molecule has 1 fully saturated rings. The zero-order valence-electron chi connectivity index (χ0n) is 11.1. The van der Waals surface area contributed by atoms with E-state index in [2.05, 4.69) is 16.1 Å². The summed E-state index contributed by atoms with van der Waals surface area (Å²) in [4.78, 5) is 14.1. The number of anilines is 1. The lowest BCUT2D eigenvalue weighted by molar-refractivity contribution is 0.0180. The predicted molar refractivity (Wildman–Crippen MR) is 74.8 cm³/mol. The van der Waals surface area contributed by atoms with Crippen LogP contribution in [-0.4, -0.2) is 36.7 Å². The van der Waals surface area contributed by atoms with E-state index < -0.39 is 11.7 Å². The number of amides is 1. The number of carbonyl (C=O) groups is 1. The Kier molecular flexibility index (Phi) is 4.08. The van der Waals surface area contributed by atoms with Crippen molar-refractivity contribution in [3.63, 3.8) is 0 Å². The van der Waals surface area contributed by atoms with E-state index in [0.717, 1.165) is 13.1 Å². The Morgan fingerprint density at radius 2 is 2.00 bits per heavy atom. The number of terminal acetylenes is 1. The second kappa shape index (κ2) is 5.77. The number of rotatable bonds is 2. The van der Waals surface area contributed by atoms with Crippen LogP contribution in [0.5, 0.6) is 0 Å². The summed E-state index contributed by atoms with van der Waals surface area (Å²) < 4.78 is 5.47. The van der Waals surface area contributed by atoms with Crippen molar-refractivity contribution in [2.24, 2.45) is 0 Å². The SMILES string of the molecule is C#CC1(OC(=O)Nc2ccccc2)CCN(C)CC1. The first kappa shape index (κ1) is 13.4. The van der Waals surface area contributed by atoms with Gasteiger partial charge in [0.2, 0.25) is 0 Å². The molecular formula is C15H18N2O2. The topological polar surface area (TPSA) is 41.6 Å². The van der Waals surface area contributed by atoms with Crippen LogP contribution in [-0.2, 0) is 4.74 Å². The molecule has 0 unspecified atom stereocenters. The largest absolute Gasteiger partial charge is 0.429 e. The van der Waals surface area contributed by atoms with E-state index in [1.807, 2.05) is 25.2 Å². The number of carbonyl (C=O) groups excluding carboxylic acids is 1. The van der Waals surface area contributed by atoms with E-state index in [4.69, 9.17) is 11.2 Å². The van der Waals surface area contributed by atoms with Gasteiger partial charge in [-0.05, 0) is 19.2 Å². The minimum atomic E-state index is -0.772. The number of hydrogen-bond donors (Lipinski definition) is 1. The van der Waals surface area contributed by atoms with E-state index in [1.54, 1.807) is 12.1 Å². The molecule has 1 amide bonds. The van der Waals surface area contributed by atoms with Crippen LogP contribution in [0.25, 0.3) is 0 Å². The maximum Gasteiger partial charge on any atom is 0.413 e. The maximum absolute atomic E-state index is 11.9. The number of nitrogens with one attached hydrogen (secondary N) is 1. The Labute approximate surface area is 113 Å². The van der Waals surface area contributed by atoms with Crippen LogP contribution in [0.2, 0.25) is 0 Å². The molecule has 1 heterocycles. The van der Waals surface area contributed by atoms with Gasteiger partial charge in [-0.15, -0.1) is 6.42 Å². The summed E-state index contributed by atoms with van der Waals surface area (Å²) >= 11 is 0. The van der Waals surface area contributed by atoms with Crippen LogP contribution in [0.1, 0.15) is 12.8 Å². The smallest absolute Gasteiger partial charge is 0.413 e. The standard InChI is InChI=1S/C15H18N2O2/c1-3-15(9-11-17(2)12-10-15)19-14(18)16-13-7-5-4-6-8-13/h1,4-8H,9-12H2,2H3,(H,16,18). The van der Waals surface area contributed by atoms with Crippen molar-refractivity contribution in [2.45, 2.75) is 18.4 Å². The normalized spacial score (nSPS) is 18.3. The fourth-order valence-electron chi connectivity index (χ4n) is 2.10. The molecule has 1 aromatic carbocycles. The van der Waals surface area contributed by atoms with Gasteiger partial charge in [-0.1, -0.05) is 24.1 Å². The number of ether oxygens (including phenoxy) is 1. The zero-order valence-corrected chi connectivity index (χ0v) is 11.1. The van der Waals surface area contributed by atoms with Gasteiger partial charge in [0, 0.05) is 31.6 Å². The first-order valence-electron chi connectivity index (χ1n) is 6.35. The summed E-state index contributed by atoms with van der Waals surface area (Å²) in [5.41, 5.74) is -0.0710. The summed E-state index contributed by atoms with van der Waals surface area (Å²) in [5, 5.41) is 2.69. The van der Waals surface area contributed by atoms with Crippen molar-refractivity contribution in [3.05, 3.63) is 30.3 Å². The molecular weight excluding hydrogens is 240 g/mol. The molecule has 0 saturated carbocycles. The van der Waals surface area contributed by atoms with Crippen molar-refractivity contribution < 1.29 is 9.53 Å². The second-order valence-corrected chi connectivity index (χ2v) is 4.82. The first-order chi connectivity index (χ1) is 9.13. The van der Waals surface area contributed by atoms with Gasteiger partial charge in [0.1, 0.15) is 0 Å². The van der Waals surface area contributed by atoms with Gasteiger partial charge >= 0.3 is 6.09 Å². The summed E-state index contributed by atoms with van der Waals surface area (Å²) in [6, 6.07) is 9.19. The Hall–Kier alpha value is -1.99. The number of likely N-dealkylation sites (tertiary alicyclic amines) is 1. The molecule has 0 bridgehead atoms. The summed E-state index contributed by atoms with van der Waals surface area (Å²) in [7, 11) is 2.03. The molecule has 1 aliphatic rings. The molecule has 1 N–H and O–H groups in total. The average molecular weight is 258 g/mol. The van der Waals surface area contributed by atoms with Crippen molar-refractivity contribution in [1.29, 1.82) is 0 Å². The second-order valence-electron chi connectivity index (χ2n) is 4.82. The van der Waals surface area contributed by atoms with E-state index >= 15 is 0 Å². The quantitative estimate of drug-likeness (QED) is 0.828. The monoisotopic (exact) mass is 258 g/mol. The highest BCUT2D eigenvalue weighted by Crippen LogP contribution is 2.25. The molecule has 0 aromatic heterocycles. The van der Waals surface area contributed by atoms with Crippen LogP contribution in [0.4, 0.5) is 10.5 Å². The third-order valence-electron chi connectivity index (χ3n) is 3.37. The molecule has 0 radical (unpaired) electrons. The Bertz CT molecular complexity index is 471. The fourth-order valence-corrected chi connectivity index (χ4v) is 2.10. The van der Waals surface area contributed by atoms with Crippen LogP contribution in [0, 0.1) is 12.3 Å². The Balaban J connectivity index is 1.96. The third kappa shape index (κ3) is 3.49. The minimum Gasteiger partial charge on any atom is -0.429 e. The van der Waals surface area contributed by atoms with E-state index in [1.165, 1.54) is 0 Å². The van der Waals surface area contributed by atoms with Gasteiger partial charge in [-0.2, -0.15) is 0 Å². The molecule has 19 heavy (non-hydrogen) atoms. The summed E-state index contributed by atoms with van der Waals surface area (Å²) in [5.74, 6) is 2.64. The van der Waals surface area contributed by atoms with E-state index in [-0.39, 0.29) is 0 Å². The third-order valence-corrected chi connectivity index (χ3v) is 3.37. The number of benzene rings is 1. The summed E-state index contributed by atoms with van der Waals surface area (Å²) in [6.07, 6.45) is 6.40. The van der Waals surface area contributed by atoms with E-state index in [9.17, 15) is 4.79 Å². The average Bonchev–Trinajstić information content (AvgIpc) is 2.43. The number of piperidine rings is 1. The summed E-state index contributed by atoms with van der Waals surface area (Å²) in [6.45, 7) is 1.67. The van der Waals surface area contributed by atoms with Gasteiger partial charge in [0.15, 0.2) is 5.60 Å². The van der Waals surface area contributed by atoms with Gasteiger partial charge in [-0.3, -0.25) is 5.32 Å². The lowest BCUT2D eigenvalue weighted by atomic mass is 9.92. The van der Waals surface area contributed by atoms with E-state index in [0.29, 0.717) is 18.5 Å². The van der Waals surface area contributed by atoms with Crippen molar-refractivity contribution in [1.82, 2.24) is 4.90 Å². The van der Waals surface area contributed by atoms with Gasteiger partial charge in [-0.25, -0.2) is 4.79 Å². The molecule has 0 atom stereocenters. The number of para-hydroxylation sites is 1. The fraction of sp³-hybridized carbons (Fsp3) is 0.400. The molecule has 4 nitrogen and oxygen atoms in total. The maximum atomic E-state index is 11.9. The highest BCUT2D eigenvalue weighted by molar-refractivity contribution is 5.85. The zero-order chi connectivity index (χ0) is 13.7. The number of hydrogen-bond acceptors (Lipinski definition) is 3. The Morgan fingerprint density at radius 3 is 2.58 bits per heavy atom. The van der Waals surface area contributed by atoms with Gasteiger partial charge in [0.25, 0.3) is 0 Å². The number of nitrogens with zero attached hydrogens (tertiary/aromatic N) is 1. The van der Waals surface area contributed by atoms with Gasteiger partial charge in [0.05, 0.1) is 0 Å². The molecule has 100 valence electrons.